The summed E-state index contributed by atoms with van der Waals surface area (Å²) >= 11 is 0. The molecule has 0 heterocycles. The van der Waals surface area contributed by atoms with Gasteiger partial charge < -0.3 is 4.90 Å². The van der Waals surface area contributed by atoms with E-state index < -0.39 is 0 Å². The molecule has 0 spiro atoms. The van der Waals surface area contributed by atoms with E-state index in [1.165, 1.54) is 6.34 Å². The second-order valence-corrected chi connectivity index (χ2v) is 4.83. The monoisotopic (exact) mass is 184 g/mol. The zero-order valence-electron chi connectivity index (χ0n) is 9.94. The molecule has 0 aliphatic rings. The highest BCUT2D eigenvalue weighted by Gasteiger charge is 2.32. The van der Waals surface area contributed by atoms with Crippen LogP contribution in [0.15, 0.2) is 0 Å². The number of nitrogens with zero attached hydrogens (tertiary/aromatic N) is 1. The molecule has 0 aromatic carbocycles. The predicted octanol–water partition coefficient (Wildman–Crippen LogP) is 3.27. The summed E-state index contributed by atoms with van der Waals surface area (Å²) < 4.78 is 0. The van der Waals surface area contributed by atoms with Crippen LogP contribution in [0.1, 0.15) is 54.4 Å². The molecule has 2 nitrogen and oxygen atoms in total. The van der Waals surface area contributed by atoms with Crippen molar-refractivity contribution in [2.45, 2.75) is 65.5 Å². The predicted molar refractivity (Wildman–Crippen MR) is 59.4 cm³/mol. The van der Waals surface area contributed by atoms with Crippen molar-refractivity contribution < 1.29 is 0 Å². The molecule has 0 fully saturated rings. The molecule has 0 saturated heterocycles. The van der Waals surface area contributed by atoms with Gasteiger partial charge in [-0.1, -0.05) is 13.8 Å². The summed E-state index contributed by atoms with van der Waals surface area (Å²) in [5, 5.41) is 7.48. The van der Waals surface area contributed by atoms with E-state index in [1.54, 1.807) is 0 Å². The number of hydrogen-bond donors (Lipinski definition) is 1. The number of nitrogens with one attached hydrogen (secondary N) is 1. The molecule has 13 heavy (non-hydrogen) atoms. The van der Waals surface area contributed by atoms with Gasteiger partial charge in [-0.2, -0.15) is 0 Å². The average molecular weight is 184 g/mol. The molecule has 78 valence electrons. The lowest BCUT2D eigenvalue weighted by Crippen LogP contribution is -2.54. The normalized spacial score (nSPS) is 12.8. The van der Waals surface area contributed by atoms with Crippen LogP contribution in [-0.2, 0) is 0 Å². The Bertz CT molecular complexity index is 155. The largest absolute Gasteiger partial charge is 0.353 e. The van der Waals surface area contributed by atoms with Crippen LogP contribution in [0.2, 0.25) is 0 Å². The van der Waals surface area contributed by atoms with Crippen molar-refractivity contribution in [2.75, 3.05) is 0 Å². The number of hydrogen-bond acceptors (Lipinski definition) is 1. The quantitative estimate of drug-likeness (QED) is 0.515. The van der Waals surface area contributed by atoms with E-state index in [-0.39, 0.29) is 11.1 Å². The van der Waals surface area contributed by atoms with Gasteiger partial charge in [-0.15, -0.1) is 0 Å². The fourth-order valence-electron chi connectivity index (χ4n) is 1.51. The maximum atomic E-state index is 7.48. The molecule has 0 unspecified atom stereocenters. The fraction of sp³-hybridized carbons (Fsp3) is 0.909. The molecule has 0 bridgehead atoms. The Morgan fingerprint density at radius 2 is 1.31 bits per heavy atom. The van der Waals surface area contributed by atoms with Crippen LogP contribution in [0.5, 0.6) is 0 Å². The van der Waals surface area contributed by atoms with Gasteiger partial charge in [-0.05, 0) is 40.5 Å². The lowest BCUT2D eigenvalue weighted by molar-refractivity contribution is 0.0943. The van der Waals surface area contributed by atoms with Crippen LogP contribution in [0, 0.1) is 5.41 Å². The summed E-state index contributed by atoms with van der Waals surface area (Å²) in [6.07, 6.45) is 3.60. The molecule has 0 atom stereocenters. The molecule has 0 saturated carbocycles. The maximum Gasteiger partial charge on any atom is 0.0826 e. The van der Waals surface area contributed by atoms with E-state index in [1.807, 2.05) is 0 Å². The first kappa shape index (κ1) is 12.5. The summed E-state index contributed by atoms with van der Waals surface area (Å²) in [5.74, 6) is 0. The van der Waals surface area contributed by atoms with Crippen molar-refractivity contribution in [1.29, 1.82) is 5.41 Å². The SMILES string of the molecule is CCC(C)(C)N(C=N)C(C)(C)CC. The van der Waals surface area contributed by atoms with Gasteiger partial charge in [0.1, 0.15) is 0 Å². The Morgan fingerprint density at radius 1 is 1.00 bits per heavy atom. The molecule has 2 heteroatoms. The van der Waals surface area contributed by atoms with E-state index in [9.17, 15) is 0 Å². The first-order valence-electron chi connectivity index (χ1n) is 5.12. The number of rotatable bonds is 5. The summed E-state index contributed by atoms with van der Waals surface area (Å²) in [6, 6.07) is 0. The van der Waals surface area contributed by atoms with E-state index in [0.29, 0.717) is 0 Å². The van der Waals surface area contributed by atoms with Crippen molar-refractivity contribution >= 4 is 6.34 Å². The molecular formula is C11H24N2. The Hall–Kier alpha value is -0.530. The summed E-state index contributed by atoms with van der Waals surface area (Å²) in [5.41, 5.74) is 0.169. The molecule has 0 aliphatic carbocycles. The van der Waals surface area contributed by atoms with Gasteiger partial charge in [0.05, 0.1) is 6.34 Å². The topological polar surface area (TPSA) is 27.1 Å². The molecule has 0 aromatic heterocycles. The van der Waals surface area contributed by atoms with E-state index in [4.69, 9.17) is 5.41 Å². The van der Waals surface area contributed by atoms with E-state index in [2.05, 4.69) is 46.4 Å². The lowest BCUT2D eigenvalue weighted by atomic mass is 9.90. The standard InChI is InChI=1S/C11H24N2/c1-7-10(3,4)13(9-12)11(5,6)8-2/h9,12H,7-8H2,1-6H3. The van der Waals surface area contributed by atoms with Crippen LogP contribution in [0.4, 0.5) is 0 Å². The van der Waals surface area contributed by atoms with Gasteiger partial charge in [0, 0.05) is 11.1 Å². The summed E-state index contributed by atoms with van der Waals surface area (Å²) in [6.45, 7) is 13.1. The van der Waals surface area contributed by atoms with Gasteiger partial charge in [0.15, 0.2) is 0 Å². The Labute approximate surface area is 82.8 Å². The molecule has 0 aliphatic heterocycles. The van der Waals surface area contributed by atoms with Crippen molar-refractivity contribution in [1.82, 2.24) is 4.90 Å². The van der Waals surface area contributed by atoms with Gasteiger partial charge in [-0.3, -0.25) is 5.41 Å². The van der Waals surface area contributed by atoms with Gasteiger partial charge in [0.25, 0.3) is 0 Å². The van der Waals surface area contributed by atoms with E-state index >= 15 is 0 Å². The van der Waals surface area contributed by atoms with Gasteiger partial charge in [0.2, 0.25) is 0 Å². The summed E-state index contributed by atoms with van der Waals surface area (Å²) in [4.78, 5) is 2.15. The molecule has 1 N–H and O–H groups in total. The highest BCUT2D eigenvalue weighted by atomic mass is 15.2. The van der Waals surface area contributed by atoms with Crippen molar-refractivity contribution in [3.63, 3.8) is 0 Å². The highest BCUT2D eigenvalue weighted by molar-refractivity contribution is 5.53. The van der Waals surface area contributed by atoms with Crippen LogP contribution in [0.25, 0.3) is 0 Å². The zero-order valence-corrected chi connectivity index (χ0v) is 9.94. The van der Waals surface area contributed by atoms with Crippen LogP contribution in [-0.4, -0.2) is 22.3 Å². The van der Waals surface area contributed by atoms with Crippen LogP contribution < -0.4 is 0 Å². The summed E-state index contributed by atoms with van der Waals surface area (Å²) in [7, 11) is 0. The Kier molecular flexibility index (Phi) is 3.95. The first-order valence-corrected chi connectivity index (χ1v) is 5.12. The third-order valence-electron chi connectivity index (χ3n) is 3.16. The smallest absolute Gasteiger partial charge is 0.0826 e. The molecule has 0 radical (unpaired) electrons. The highest BCUT2D eigenvalue weighted by Crippen LogP contribution is 2.28. The van der Waals surface area contributed by atoms with Crippen molar-refractivity contribution in [3.05, 3.63) is 0 Å². The maximum absolute atomic E-state index is 7.48. The molecule has 0 rings (SSSR count). The van der Waals surface area contributed by atoms with Crippen LogP contribution in [0.3, 0.4) is 0 Å². The van der Waals surface area contributed by atoms with Gasteiger partial charge in [-0.25, -0.2) is 0 Å². The van der Waals surface area contributed by atoms with Crippen molar-refractivity contribution in [3.8, 4) is 0 Å². The zero-order chi connectivity index (χ0) is 10.7. The lowest BCUT2D eigenvalue weighted by Gasteiger charge is -2.47. The molecule has 0 aromatic rings. The second kappa shape index (κ2) is 4.12. The third-order valence-corrected chi connectivity index (χ3v) is 3.16. The third kappa shape index (κ3) is 2.71. The molecule has 0 amide bonds. The Morgan fingerprint density at radius 3 is 1.46 bits per heavy atom. The van der Waals surface area contributed by atoms with Gasteiger partial charge >= 0.3 is 0 Å². The minimum Gasteiger partial charge on any atom is -0.353 e. The Balaban J connectivity index is 4.79. The first-order chi connectivity index (χ1) is 5.81. The second-order valence-electron chi connectivity index (χ2n) is 4.83. The van der Waals surface area contributed by atoms with Crippen LogP contribution >= 0.6 is 0 Å². The van der Waals surface area contributed by atoms with E-state index in [0.717, 1.165) is 12.8 Å². The fourth-order valence-corrected chi connectivity index (χ4v) is 1.51. The van der Waals surface area contributed by atoms with Crippen molar-refractivity contribution in [2.24, 2.45) is 0 Å². The minimum absolute atomic E-state index is 0.0846. The average Bonchev–Trinajstić information content (AvgIpc) is 2.05. The molecular weight excluding hydrogens is 160 g/mol. The minimum atomic E-state index is 0.0846.